The van der Waals surface area contributed by atoms with Crippen LogP contribution in [0, 0.1) is 0 Å². The standard InChI is InChI=1S/C21H21NO3/c1-3-24-20-11-7-6-10-19(20)22-21(23)15(2)25-18-13-12-16-8-4-5-9-17(16)14-18/h4-15H,3H2,1-2H3,(H,22,23)/t15-/m1/s1. The highest BCUT2D eigenvalue weighted by Crippen LogP contribution is 2.25. The van der Waals surface area contributed by atoms with E-state index < -0.39 is 6.10 Å². The summed E-state index contributed by atoms with van der Waals surface area (Å²) in [5.41, 5.74) is 0.642. The third kappa shape index (κ3) is 4.10. The number of rotatable bonds is 6. The maximum atomic E-state index is 12.4. The second-order valence-corrected chi connectivity index (χ2v) is 5.69. The fraction of sp³-hybridized carbons (Fsp3) is 0.190. The quantitative estimate of drug-likeness (QED) is 0.713. The summed E-state index contributed by atoms with van der Waals surface area (Å²) in [6.45, 7) is 4.17. The zero-order valence-corrected chi connectivity index (χ0v) is 14.4. The van der Waals surface area contributed by atoms with Crippen molar-refractivity contribution in [3.8, 4) is 11.5 Å². The van der Waals surface area contributed by atoms with E-state index >= 15 is 0 Å². The first-order valence-corrected chi connectivity index (χ1v) is 8.35. The van der Waals surface area contributed by atoms with Crippen LogP contribution >= 0.6 is 0 Å². The zero-order valence-electron chi connectivity index (χ0n) is 14.4. The molecule has 0 bridgehead atoms. The fourth-order valence-electron chi connectivity index (χ4n) is 2.58. The number of fused-ring (bicyclic) bond motifs is 1. The van der Waals surface area contributed by atoms with Gasteiger partial charge in [0.1, 0.15) is 11.5 Å². The number of carbonyl (C=O) groups excluding carboxylic acids is 1. The molecule has 0 aliphatic heterocycles. The van der Waals surface area contributed by atoms with Crippen molar-refractivity contribution >= 4 is 22.4 Å². The van der Waals surface area contributed by atoms with Crippen LogP contribution in [0.1, 0.15) is 13.8 Å². The summed E-state index contributed by atoms with van der Waals surface area (Å²) in [5, 5.41) is 5.08. The SMILES string of the molecule is CCOc1ccccc1NC(=O)[C@@H](C)Oc1ccc2ccccc2c1. The van der Waals surface area contributed by atoms with E-state index in [1.807, 2.05) is 73.7 Å². The first kappa shape index (κ1) is 16.8. The van der Waals surface area contributed by atoms with E-state index in [0.717, 1.165) is 10.8 Å². The molecule has 0 aromatic heterocycles. The normalized spacial score (nSPS) is 11.8. The van der Waals surface area contributed by atoms with Gasteiger partial charge in [0.25, 0.3) is 5.91 Å². The van der Waals surface area contributed by atoms with Crippen LogP contribution in [0.2, 0.25) is 0 Å². The second kappa shape index (κ2) is 7.71. The van der Waals surface area contributed by atoms with Crippen LogP contribution in [0.5, 0.6) is 11.5 Å². The minimum Gasteiger partial charge on any atom is -0.492 e. The summed E-state index contributed by atoms with van der Waals surface area (Å²) < 4.78 is 11.3. The largest absolute Gasteiger partial charge is 0.492 e. The maximum Gasteiger partial charge on any atom is 0.265 e. The number of hydrogen-bond donors (Lipinski definition) is 1. The summed E-state index contributed by atoms with van der Waals surface area (Å²) >= 11 is 0. The van der Waals surface area contributed by atoms with Crippen molar-refractivity contribution in [2.45, 2.75) is 20.0 Å². The highest BCUT2D eigenvalue weighted by molar-refractivity contribution is 5.95. The van der Waals surface area contributed by atoms with Crippen LogP contribution in [0.15, 0.2) is 66.7 Å². The molecule has 0 radical (unpaired) electrons. The topological polar surface area (TPSA) is 47.6 Å². The van der Waals surface area contributed by atoms with Gasteiger partial charge in [-0.15, -0.1) is 0 Å². The van der Waals surface area contributed by atoms with E-state index in [1.54, 1.807) is 6.92 Å². The van der Waals surface area contributed by atoms with Crippen molar-refractivity contribution in [3.63, 3.8) is 0 Å². The van der Waals surface area contributed by atoms with Crippen molar-refractivity contribution in [1.29, 1.82) is 0 Å². The summed E-state index contributed by atoms with van der Waals surface area (Å²) in [6, 6.07) is 21.2. The molecule has 0 spiro atoms. The Balaban J connectivity index is 1.69. The highest BCUT2D eigenvalue weighted by Gasteiger charge is 2.16. The van der Waals surface area contributed by atoms with E-state index in [2.05, 4.69) is 5.32 Å². The Morgan fingerprint density at radius 3 is 2.52 bits per heavy atom. The summed E-state index contributed by atoms with van der Waals surface area (Å²) in [5.74, 6) is 1.09. The maximum absolute atomic E-state index is 12.4. The van der Waals surface area contributed by atoms with Gasteiger partial charge in [0, 0.05) is 0 Å². The number of para-hydroxylation sites is 2. The molecule has 1 amide bonds. The van der Waals surface area contributed by atoms with Gasteiger partial charge < -0.3 is 14.8 Å². The molecule has 0 saturated carbocycles. The lowest BCUT2D eigenvalue weighted by Crippen LogP contribution is -2.30. The first-order valence-electron chi connectivity index (χ1n) is 8.35. The second-order valence-electron chi connectivity index (χ2n) is 5.69. The number of amides is 1. The molecule has 4 nitrogen and oxygen atoms in total. The Morgan fingerprint density at radius 1 is 1.00 bits per heavy atom. The van der Waals surface area contributed by atoms with Crippen molar-refractivity contribution in [1.82, 2.24) is 0 Å². The molecular weight excluding hydrogens is 314 g/mol. The van der Waals surface area contributed by atoms with E-state index in [9.17, 15) is 4.79 Å². The average Bonchev–Trinajstić information content (AvgIpc) is 2.63. The predicted octanol–water partition coefficient (Wildman–Crippen LogP) is 4.64. The molecule has 0 saturated heterocycles. The van der Waals surface area contributed by atoms with Crippen LogP contribution in [-0.4, -0.2) is 18.6 Å². The molecule has 25 heavy (non-hydrogen) atoms. The third-order valence-corrected chi connectivity index (χ3v) is 3.85. The molecule has 128 valence electrons. The minimum absolute atomic E-state index is 0.222. The Labute approximate surface area is 147 Å². The number of benzene rings is 3. The van der Waals surface area contributed by atoms with Gasteiger partial charge in [-0.2, -0.15) is 0 Å². The monoisotopic (exact) mass is 335 g/mol. The Kier molecular flexibility index (Phi) is 5.19. The molecule has 3 rings (SSSR count). The molecule has 0 aliphatic rings. The highest BCUT2D eigenvalue weighted by atomic mass is 16.5. The molecule has 4 heteroatoms. The lowest BCUT2D eigenvalue weighted by atomic mass is 10.1. The van der Waals surface area contributed by atoms with E-state index in [-0.39, 0.29) is 5.91 Å². The molecule has 0 fully saturated rings. The molecule has 1 atom stereocenters. The van der Waals surface area contributed by atoms with Crippen LogP contribution in [-0.2, 0) is 4.79 Å². The summed E-state index contributed by atoms with van der Waals surface area (Å²) in [4.78, 5) is 12.4. The Morgan fingerprint density at radius 2 is 1.72 bits per heavy atom. The Hall–Kier alpha value is -3.01. The number of ether oxygens (including phenoxy) is 2. The van der Waals surface area contributed by atoms with Crippen LogP contribution in [0.25, 0.3) is 10.8 Å². The molecular formula is C21H21NO3. The van der Waals surface area contributed by atoms with Crippen molar-refractivity contribution in [2.75, 3.05) is 11.9 Å². The zero-order chi connectivity index (χ0) is 17.6. The first-order chi connectivity index (χ1) is 12.2. The van der Waals surface area contributed by atoms with Gasteiger partial charge in [0.05, 0.1) is 12.3 Å². The summed E-state index contributed by atoms with van der Waals surface area (Å²) in [7, 11) is 0. The molecule has 0 aliphatic carbocycles. The molecule has 0 heterocycles. The number of hydrogen-bond acceptors (Lipinski definition) is 3. The van der Waals surface area contributed by atoms with E-state index in [1.165, 1.54) is 0 Å². The lowest BCUT2D eigenvalue weighted by molar-refractivity contribution is -0.122. The number of carbonyl (C=O) groups is 1. The minimum atomic E-state index is -0.629. The van der Waals surface area contributed by atoms with Gasteiger partial charge in [0.2, 0.25) is 0 Å². The van der Waals surface area contributed by atoms with Gasteiger partial charge in [-0.3, -0.25) is 4.79 Å². The number of anilines is 1. The summed E-state index contributed by atoms with van der Waals surface area (Å²) in [6.07, 6.45) is -0.629. The smallest absolute Gasteiger partial charge is 0.265 e. The van der Waals surface area contributed by atoms with Gasteiger partial charge in [-0.1, -0.05) is 42.5 Å². The van der Waals surface area contributed by atoms with Gasteiger partial charge in [-0.05, 0) is 48.9 Å². The average molecular weight is 335 g/mol. The van der Waals surface area contributed by atoms with Crippen molar-refractivity contribution < 1.29 is 14.3 Å². The lowest BCUT2D eigenvalue weighted by Gasteiger charge is -2.16. The van der Waals surface area contributed by atoms with Crippen molar-refractivity contribution in [3.05, 3.63) is 66.7 Å². The molecule has 1 N–H and O–H groups in total. The van der Waals surface area contributed by atoms with Gasteiger partial charge in [0.15, 0.2) is 6.10 Å². The predicted molar refractivity (Wildman–Crippen MR) is 100 cm³/mol. The van der Waals surface area contributed by atoms with Gasteiger partial charge >= 0.3 is 0 Å². The number of nitrogens with one attached hydrogen (secondary N) is 1. The van der Waals surface area contributed by atoms with Crippen LogP contribution in [0.4, 0.5) is 5.69 Å². The van der Waals surface area contributed by atoms with E-state index in [4.69, 9.17) is 9.47 Å². The molecule has 0 unspecified atom stereocenters. The Bertz CT molecular complexity index is 876. The van der Waals surface area contributed by atoms with E-state index in [0.29, 0.717) is 23.8 Å². The molecule has 3 aromatic carbocycles. The molecule has 3 aromatic rings. The van der Waals surface area contributed by atoms with Crippen LogP contribution in [0.3, 0.4) is 0 Å². The van der Waals surface area contributed by atoms with Crippen LogP contribution < -0.4 is 14.8 Å². The van der Waals surface area contributed by atoms with Crippen molar-refractivity contribution in [2.24, 2.45) is 0 Å². The van der Waals surface area contributed by atoms with Gasteiger partial charge in [-0.25, -0.2) is 0 Å². The third-order valence-electron chi connectivity index (χ3n) is 3.85. The fourth-order valence-corrected chi connectivity index (χ4v) is 2.58.